The Hall–Kier alpha value is -0.740. The first kappa shape index (κ1) is 11.7. The van der Waals surface area contributed by atoms with Crippen LogP contribution in [0.5, 0.6) is 0 Å². The number of aryl methyl sites for hydroxylation is 1. The van der Waals surface area contributed by atoms with E-state index in [1.165, 1.54) is 30.5 Å². The molecule has 0 saturated carbocycles. The largest absolute Gasteiger partial charge is 0.384 e. The van der Waals surface area contributed by atoms with Gasteiger partial charge in [-0.1, -0.05) is 18.6 Å². The third-order valence-corrected chi connectivity index (χ3v) is 3.39. The van der Waals surface area contributed by atoms with Crippen molar-refractivity contribution in [2.45, 2.75) is 38.5 Å². The summed E-state index contributed by atoms with van der Waals surface area (Å²) < 4.78 is 5.85. The second-order valence-electron chi connectivity index (χ2n) is 4.25. The van der Waals surface area contributed by atoms with Crippen LogP contribution in [0.3, 0.4) is 0 Å². The van der Waals surface area contributed by atoms with Crippen LogP contribution in [-0.4, -0.2) is 23.7 Å². The van der Waals surface area contributed by atoms with Crippen molar-refractivity contribution in [2.24, 2.45) is 0 Å². The molecule has 0 fully saturated rings. The first-order valence-electron chi connectivity index (χ1n) is 5.91. The Kier molecular flexibility index (Phi) is 4.07. The minimum absolute atomic E-state index is 0.692. The highest BCUT2D eigenvalue weighted by molar-refractivity contribution is 7.71. The molecule has 1 aromatic rings. The summed E-state index contributed by atoms with van der Waals surface area (Å²) in [4.78, 5) is 7.87. The van der Waals surface area contributed by atoms with Gasteiger partial charge < -0.3 is 9.72 Å². The van der Waals surface area contributed by atoms with Gasteiger partial charge in [-0.2, -0.15) is 0 Å². The van der Waals surface area contributed by atoms with Crippen LogP contribution in [0.25, 0.3) is 0 Å². The summed E-state index contributed by atoms with van der Waals surface area (Å²) >= 11 is 5.37. The zero-order valence-corrected chi connectivity index (χ0v) is 10.5. The Bertz CT molecular complexity index is 414. The van der Waals surface area contributed by atoms with E-state index < -0.39 is 0 Å². The van der Waals surface area contributed by atoms with E-state index in [0.29, 0.717) is 6.61 Å². The molecule has 4 heteroatoms. The van der Waals surface area contributed by atoms with Gasteiger partial charge in [-0.15, -0.1) is 0 Å². The van der Waals surface area contributed by atoms with Crippen LogP contribution in [0.15, 0.2) is 0 Å². The molecule has 88 valence electrons. The predicted molar refractivity (Wildman–Crippen MR) is 66.3 cm³/mol. The number of aromatic amines is 1. The maximum Gasteiger partial charge on any atom is 0.133 e. The molecule has 0 bridgehead atoms. The first-order valence-corrected chi connectivity index (χ1v) is 6.32. The summed E-state index contributed by atoms with van der Waals surface area (Å²) in [7, 11) is 1.71. The highest BCUT2D eigenvalue weighted by Crippen LogP contribution is 2.19. The predicted octanol–water partition coefficient (Wildman–Crippen LogP) is 2.60. The van der Waals surface area contributed by atoms with Gasteiger partial charge in [0.1, 0.15) is 10.5 Å². The SMILES string of the molecule is COCCc1nc(=S)c2c([nH]1)CCCCC2. The van der Waals surface area contributed by atoms with Crippen LogP contribution in [-0.2, 0) is 24.0 Å². The fraction of sp³-hybridized carbons (Fsp3) is 0.667. The zero-order valence-electron chi connectivity index (χ0n) is 9.71. The summed E-state index contributed by atoms with van der Waals surface area (Å²) in [5.74, 6) is 0.965. The van der Waals surface area contributed by atoms with E-state index >= 15 is 0 Å². The van der Waals surface area contributed by atoms with E-state index in [2.05, 4.69) is 9.97 Å². The Labute approximate surface area is 101 Å². The summed E-state index contributed by atoms with van der Waals surface area (Å²) in [5.41, 5.74) is 2.58. The molecule has 0 aliphatic heterocycles. The summed E-state index contributed by atoms with van der Waals surface area (Å²) in [6.45, 7) is 0.692. The number of nitrogens with zero attached hydrogens (tertiary/aromatic N) is 1. The van der Waals surface area contributed by atoms with Crippen molar-refractivity contribution in [3.63, 3.8) is 0 Å². The summed E-state index contributed by atoms with van der Waals surface area (Å²) in [6.07, 6.45) is 6.80. The van der Waals surface area contributed by atoms with Crippen LogP contribution >= 0.6 is 12.2 Å². The molecule has 0 unspecified atom stereocenters. The van der Waals surface area contributed by atoms with Crippen LogP contribution in [0.1, 0.15) is 36.3 Å². The molecule has 1 aliphatic rings. The number of H-pyrrole nitrogens is 1. The van der Waals surface area contributed by atoms with E-state index in [1.807, 2.05) is 0 Å². The van der Waals surface area contributed by atoms with Crippen molar-refractivity contribution in [3.05, 3.63) is 21.7 Å². The van der Waals surface area contributed by atoms with E-state index in [4.69, 9.17) is 17.0 Å². The number of hydrogen-bond donors (Lipinski definition) is 1. The van der Waals surface area contributed by atoms with Crippen molar-refractivity contribution in [1.82, 2.24) is 9.97 Å². The Balaban J connectivity index is 2.28. The quantitative estimate of drug-likeness (QED) is 0.649. The second-order valence-corrected chi connectivity index (χ2v) is 4.64. The van der Waals surface area contributed by atoms with Gasteiger partial charge in [0, 0.05) is 24.8 Å². The van der Waals surface area contributed by atoms with Gasteiger partial charge in [0.15, 0.2) is 0 Å². The number of methoxy groups -OCH3 is 1. The van der Waals surface area contributed by atoms with Crippen LogP contribution in [0.4, 0.5) is 0 Å². The fourth-order valence-corrected chi connectivity index (χ4v) is 2.50. The normalized spacial score (nSPS) is 15.6. The lowest BCUT2D eigenvalue weighted by atomic mass is 10.1. The van der Waals surface area contributed by atoms with Crippen molar-refractivity contribution < 1.29 is 4.74 Å². The molecular formula is C12H18N2OS. The molecule has 0 radical (unpaired) electrons. The Morgan fingerprint density at radius 2 is 2.12 bits per heavy atom. The van der Waals surface area contributed by atoms with Crippen molar-refractivity contribution in [2.75, 3.05) is 13.7 Å². The molecule has 0 spiro atoms. The van der Waals surface area contributed by atoms with Gasteiger partial charge >= 0.3 is 0 Å². The number of fused-ring (bicyclic) bond motifs is 1. The van der Waals surface area contributed by atoms with E-state index in [-0.39, 0.29) is 0 Å². The van der Waals surface area contributed by atoms with Crippen LogP contribution in [0.2, 0.25) is 0 Å². The van der Waals surface area contributed by atoms with Gasteiger partial charge in [0.05, 0.1) is 6.61 Å². The highest BCUT2D eigenvalue weighted by Gasteiger charge is 2.11. The number of aromatic nitrogens is 2. The molecule has 1 N–H and O–H groups in total. The van der Waals surface area contributed by atoms with E-state index in [0.717, 1.165) is 29.7 Å². The standard InChI is InChI=1S/C12H18N2OS/c1-15-8-7-11-13-10-6-4-2-3-5-9(10)12(16)14-11/h2-8H2,1H3,(H,13,14,16). The fourth-order valence-electron chi connectivity index (χ4n) is 2.17. The third-order valence-electron chi connectivity index (χ3n) is 3.05. The van der Waals surface area contributed by atoms with Crippen LogP contribution < -0.4 is 0 Å². The Morgan fingerprint density at radius 3 is 2.94 bits per heavy atom. The monoisotopic (exact) mass is 238 g/mol. The average molecular weight is 238 g/mol. The van der Waals surface area contributed by atoms with Crippen LogP contribution in [0, 0.1) is 4.64 Å². The lowest BCUT2D eigenvalue weighted by molar-refractivity contribution is 0.200. The molecule has 16 heavy (non-hydrogen) atoms. The highest BCUT2D eigenvalue weighted by atomic mass is 32.1. The molecule has 0 saturated heterocycles. The molecule has 1 aliphatic carbocycles. The number of ether oxygens (including phenoxy) is 1. The van der Waals surface area contributed by atoms with Gasteiger partial charge in [-0.05, 0) is 25.7 Å². The molecule has 1 aromatic heterocycles. The molecule has 0 aromatic carbocycles. The van der Waals surface area contributed by atoms with Crippen molar-refractivity contribution >= 4 is 12.2 Å². The summed E-state index contributed by atoms with van der Waals surface area (Å²) in [6, 6.07) is 0. The van der Waals surface area contributed by atoms with Crippen molar-refractivity contribution in [3.8, 4) is 0 Å². The van der Waals surface area contributed by atoms with Gasteiger partial charge in [-0.3, -0.25) is 0 Å². The lowest BCUT2D eigenvalue weighted by Gasteiger charge is -2.08. The molecular weight excluding hydrogens is 220 g/mol. The molecule has 2 rings (SSSR count). The molecule has 0 atom stereocenters. The minimum Gasteiger partial charge on any atom is -0.384 e. The summed E-state index contributed by atoms with van der Waals surface area (Å²) in [5, 5.41) is 0. The molecule has 0 amide bonds. The smallest absolute Gasteiger partial charge is 0.133 e. The molecule has 3 nitrogen and oxygen atoms in total. The van der Waals surface area contributed by atoms with Gasteiger partial charge in [0.25, 0.3) is 0 Å². The lowest BCUT2D eigenvalue weighted by Crippen LogP contribution is -2.07. The van der Waals surface area contributed by atoms with Gasteiger partial charge in [0.2, 0.25) is 0 Å². The molecule has 1 heterocycles. The van der Waals surface area contributed by atoms with E-state index in [9.17, 15) is 0 Å². The van der Waals surface area contributed by atoms with E-state index in [1.54, 1.807) is 7.11 Å². The number of hydrogen-bond acceptors (Lipinski definition) is 3. The third kappa shape index (κ3) is 2.68. The van der Waals surface area contributed by atoms with Gasteiger partial charge in [-0.25, -0.2) is 4.98 Å². The minimum atomic E-state index is 0.692. The average Bonchev–Trinajstić information content (AvgIpc) is 2.51. The zero-order chi connectivity index (χ0) is 11.4. The topological polar surface area (TPSA) is 37.9 Å². The first-order chi connectivity index (χ1) is 7.81. The number of rotatable bonds is 3. The maximum absolute atomic E-state index is 5.37. The maximum atomic E-state index is 5.37. The number of nitrogens with one attached hydrogen (secondary N) is 1. The van der Waals surface area contributed by atoms with Crippen molar-refractivity contribution in [1.29, 1.82) is 0 Å². The Morgan fingerprint density at radius 1 is 1.31 bits per heavy atom. The second kappa shape index (κ2) is 5.55.